The standard InChI is InChI=1S/C20H24N2O3/c1-23-18-4-2-3-16(11-18)13-21-7-9-22(10-8-21)14-17-5-6-19-20(12-17)25-15-24-19/h2-6,11-12H,7-10,13-15H2,1H3. The van der Waals surface area contributed by atoms with Crippen LogP contribution >= 0.6 is 0 Å². The zero-order valence-corrected chi connectivity index (χ0v) is 14.6. The van der Waals surface area contributed by atoms with E-state index in [1.54, 1.807) is 7.11 Å². The molecule has 0 spiro atoms. The summed E-state index contributed by atoms with van der Waals surface area (Å²) in [5, 5.41) is 0. The first-order valence-electron chi connectivity index (χ1n) is 8.76. The van der Waals surface area contributed by atoms with Crippen molar-refractivity contribution >= 4 is 0 Å². The van der Waals surface area contributed by atoms with Crippen LogP contribution in [0.4, 0.5) is 0 Å². The van der Waals surface area contributed by atoms with Gasteiger partial charge in [0.15, 0.2) is 11.5 Å². The fraction of sp³-hybridized carbons (Fsp3) is 0.400. The fourth-order valence-electron chi connectivity index (χ4n) is 3.43. The number of methoxy groups -OCH3 is 1. The second-order valence-electron chi connectivity index (χ2n) is 6.59. The summed E-state index contributed by atoms with van der Waals surface area (Å²) >= 11 is 0. The maximum absolute atomic E-state index is 5.47. The molecule has 2 aliphatic rings. The molecule has 0 saturated carbocycles. The summed E-state index contributed by atoms with van der Waals surface area (Å²) in [6.45, 7) is 6.61. The number of rotatable bonds is 5. The summed E-state index contributed by atoms with van der Waals surface area (Å²) in [7, 11) is 1.72. The molecule has 2 aromatic rings. The zero-order valence-electron chi connectivity index (χ0n) is 14.6. The predicted molar refractivity (Wildman–Crippen MR) is 96.1 cm³/mol. The molecule has 5 nitrogen and oxygen atoms in total. The molecule has 0 bridgehead atoms. The van der Waals surface area contributed by atoms with Crippen LogP contribution in [0.15, 0.2) is 42.5 Å². The third kappa shape index (κ3) is 3.89. The van der Waals surface area contributed by atoms with Gasteiger partial charge in [0.05, 0.1) is 7.11 Å². The Morgan fingerprint density at radius 2 is 1.52 bits per heavy atom. The molecule has 5 heteroatoms. The molecular formula is C20H24N2O3. The lowest BCUT2D eigenvalue weighted by Crippen LogP contribution is -2.45. The third-order valence-electron chi connectivity index (χ3n) is 4.85. The molecule has 0 radical (unpaired) electrons. The van der Waals surface area contributed by atoms with E-state index >= 15 is 0 Å². The number of hydrogen-bond acceptors (Lipinski definition) is 5. The summed E-state index contributed by atoms with van der Waals surface area (Å²) in [5.74, 6) is 2.65. The molecular weight excluding hydrogens is 316 g/mol. The molecule has 4 rings (SSSR count). The number of nitrogens with zero attached hydrogens (tertiary/aromatic N) is 2. The molecule has 0 N–H and O–H groups in total. The molecule has 0 aliphatic carbocycles. The van der Waals surface area contributed by atoms with Gasteiger partial charge in [0.25, 0.3) is 0 Å². The van der Waals surface area contributed by atoms with E-state index in [1.807, 2.05) is 12.1 Å². The second kappa shape index (κ2) is 7.33. The van der Waals surface area contributed by atoms with Gasteiger partial charge < -0.3 is 14.2 Å². The number of hydrogen-bond donors (Lipinski definition) is 0. The molecule has 2 aromatic carbocycles. The second-order valence-corrected chi connectivity index (χ2v) is 6.59. The molecule has 0 unspecified atom stereocenters. The molecule has 132 valence electrons. The highest BCUT2D eigenvalue weighted by molar-refractivity contribution is 5.44. The van der Waals surface area contributed by atoms with Crippen LogP contribution in [-0.2, 0) is 13.1 Å². The Labute approximate surface area is 148 Å². The summed E-state index contributed by atoms with van der Waals surface area (Å²) in [5.41, 5.74) is 2.59. The van der Waals surface area contributed by atoms with Crippen molar-refractivity contribution < 1.29 is 14.2 Å². The van der Waals surface area contributed by atoms with E-state index < -0.39 is 0 Å². The summed E-state index contributed by atoms with van der Waals surface area (Å²) in [6, 6.07) is 14.6. The van der Waals surface area contributed by atoms with Crippen molar-refractivity contribution in [3.8, 4) is 17.2 Å². The Morgan fingerprint density at radius 3 is 2.24 bits per heavy atom. The van der Waals surface area contributed by atoms with Gasteiger partial charge in [0.2, 0.25) is 6.79 Å². The molecule has 1 saturated heterocycles. The van der Waals surface area contributed by atoms with Crippen molar-refractivity contribution in [2.75, 3.05) is 40.1 Å². The van der Waals surface area contributed by atoms with Crippen LogP contribution in [0.25, 0.3) is 0 Å². The molecule has 1 fully saturated rings. The van der Waals surface area contributed by atoms with Crippen molar-refractivity contribution in [3.05, 3.63) is 53.6 Å². The van der Waals surface area contributed by atoms with Crippen LogP contribution < -0.4 is 14.2 Å². The van der Waals surface area contributed by atoms with Crippen molar-refractivity contribution in [3.63, 3.8) is 0 Å². The first-order chi connectivity index (χ1) is 12.3. The average Bonchev–Trinajstić information content (AvgIpc) is 3.11. The van der Waals surface area contributed by atoms with E-state index in [0.717, 1.165) is 56.5 Å². The van der Waals surface area contributed by atoms with Crippen molar-refractivity contribution in [1.82, 2.24) is 9.80 Å². The number of piperazine rings is 1. The van der Waals surface area contributed by atoms with E-state index in [4.69, 9.17) is 14.2 Å². The fourth-order valence-corrected chi connectivity index (χ4v) is 3.43. The smallest absolute Gasteiger partial charge is 0.231 e. The molecule has 2 aliphatic heterocycles. The first kappa shape index (κ1) is 16.2. The minimum Gasteiger partial charge on any atom is -0.497 e. The molecule has 0 amide bonds. The Balaban J connectivity index is 1.29. The highest BCUT2D eigenvalue weighted by Gasteiger charge is 2.19. The predicted octanol–water partition coefficient (Wildman–Crippen LogP) is 2.74. The average molecular weight is 340 g/mol. The largest absolute Gasteiger partial charge is 0.497 e. The quantitative estimate of drug-likeness (QED) is 0.836. The maximum Gasteiger partial charge on any atom is 0.231 e. The van der Waals surface area contributed by atoms with E-state index in [0.29, 0.717) is 6.79 Å². The number of fused-ring (bicyclic) bond motifs is 1. The number of benzene rings is 2. The van der Waals surface area contributed by atoms with E-state index in [2.05, 4.69) is 40.1 Å². The normalized spacial score (nSPS) is 17.6. The van der Waals surface area contributed by atoms with Gasteiger partial charge in [-0.25, -0.2) is 0 Å². The Kier molecular flexibility index (Phi) is 4.76. The molecule has 0 aromatic heterocycles. The lowest BCUT2D eigenvalue weighted by atomic mass is 10.1. The first-order valence-corrected chi connectivity index (χ1v) is 8.76. The van der Waals surface area contributed by atoms with Crippen LogP contribution in [0.2, 0.25) is 0 Å². The Bertz CT molecular complexity index is 727. The lowest BCUT2D eigenvalue weighted by Gasteiger charge is -2.34. The lowest BCUT2D eigenvalue weighted by molar-refractivity contribution is 0.122. The molecule has 0 atom stereocenters. The zero-order chi connectivity index (χ0) is 17.1. The van der Waals surface area contributed by atoms with Gasteiger partial charge >= 0.3 is 0 Å². The minimum absolute atomic E-state index is 0.335. The summed E-state index contributed by atoms with van der Waals surface area (Å²) in [4.78, 5) is 5.00. The topological polar surface area (TPSA) is 34.2 Å². The maximum atomic E-state index is 5.47. The molecule has 25 heavy (non-hydrogen) atoms. The highest BCUT2D eigenvalue weighted by Crippen LogP contribution is 2.32. The van der Waals surface area contributed by atoms with Crippen LogP contribution in [-0.4, -0.2) is 49.9 Å². The van der Waals surface area contributed by atoms with Gasteiger partial charge in [-0.15, -0.1) is 0 Å². The Morgan fingerprint density at radius 1 is 0.840 bits per heavy atom. The van der Waals surface area contributed by atoms with Crippen LogP contribution in [0.1, 0.15) is 11.1 Å². The SMILES string of the molecule is COc1cccc(CN2CCN(Cc3ccc4c(c3)OCO4)CC2)c1. The number of ether oxygens (including phenoxy) is 3. The van der Waals surface area contributed by atoms with Crippen LogP contribution in [0.5, 0.6) is 17.2 Å². The summed E-state index contributed by atoms with van der Waals surface area (Å²) < 4.78 is 16.2. The Hall–Kier alpha value is -2.24. The van der Waals surface area contributed by atoms with Crippen LogP contribution in [0, 0.1) is 0 Å². The monoisotopic (exact) mass is 340 g/mol. The van der Waals surface area contributed by atoms with Gasteiger partial charge in [-0.1, -0.05) is 18.2 Å². The highest BCUT2D eigenvalue weighted by atomic mass is 16.7. The van der Waals surface area contributed by atoms with Gasteiger partial charge in [-0.3, -0.25) is 9.80 Å². The van der Waals surface area contributed by atoms with Gasteiger partial charge in [0.1, 0.15) is 5.75 Å². The van der Waals surface area contributed by atoms with Gasteiger partial charge in [0, 0.05) is 39.3 Å². The van der Waals surface area contributed by atoms with E-state index in [-0.39, 0.29) is 0 Å². The summed E-state index contributed by atoms with van der Waals surface area (Å²) in [6.07, 6.45) is 0. The minimum atomic E-state index is 0.335. The van der Waals surface area contributed by atoms with Gasteiger partial charge in [-0.2, -0.15) is 0 Å². The van der Waals surface area contributed by atoms with Crippen molar-refractivity contribution in [1.29, 1.82) is 0 Å². The van der Waals surface area contributed by atoms with Crippen LogP contribution in [0.3, 0.4) is 0 Å². The molecule has 2 heterocycles. The van der Waals surface area contributed by atoms with E-state index in [9.17, 15) is 0 Å². The van der Waals surface area contributed by atoms with Gasteiger partial charge in [-0.05, 0) is 35.4 Å². The van der Waals surface area contributed by atoms with Crippen molar-refractivity contribution in [2.45, 2.75) is 13.1 Å². The van der Waals surface area contributed by atoms with Crippen molar-refractivity contribution in [2.24, 2.45) is 0 Å². The van der Waals surface area contributed by atoms with E-state index in [1.165, 1.54) is 11.1 Å². The third-order valence-corrected chi connectivity index (χ3v) is 4.85.